The molecule has 2 aromatic carbocycles. The zero-order valence-corrected chi connectivity index (χ0v) is 21.7. The molecule has 1 fully saturated rings. The third-order valence-corrected chi connectivity index (χ3v) is 7.34. The monoisotopic (exact) mass is 544 g/mol. The first kappa shape index (κ1) is 28.3. The van der Waals surface area contributed by atoms with Crippen LogP contribution in [0.3, 0.4) is 0 Å². The number of nitrogens with one attached hydrogen (secondary N) is 2. The second kappa shape index (κ2) is 12.9. The van der Waals surface area contributed by atoms with Crippen LogP contribution in [0, 0.1) is 12.3 Å². The second-order valence-corrected chi connectivity index (χ2v) is 10.6. The standard InChI is InChI=1S/C27H33N2O8P/c1-2-3-4-5-11-28-27(33)29-18-6-8-20-16(14-18)13-17-15-19(7-9-21(17)20)36-26-25(32)24(31)23(30)22(37-26)10-12-38(34)35/h1,6-9,14-15,22-26,30-32,34-35H,3-5,10-13H2,(H2,28,29,33)/t22?,23-,24?,25?,26+/m1/s1. The number of carbonyl (C=O) groups is 1. The number of rotatable bonds is 10. The van der Waals surface area contributed by atoms with Gasteiger partial charge >= 0.3 is 6.03 Å². The van der Waals surface area contributed by atoms with E-state index in [1.165, 1.54) is 0 Å². The number of urea groups is 1. The second-order valence-electron chi connectivity index (χ2n) is 9.43. The van der Waals surface area contributed by atoms with Gasteiger partial charge in [-0.25, -0.2) is 4.79 Å². The molecule has 1 saturated heterocycles. The van der Waals surface area contributed by atoms with Gasteiger partial charge in [0.15, 0.2) is 8.38 Å². The molecule has 0 radical (unpaired) electrons. The number of benzene rings is 2. The van der Waals surface area contributed by atoms with E-state index in [1.807, 2.05) is 30.3 Å². The molecule has 2 aliphatic rings. The van der Waals surface area contributed by atoms with Crippen LogP contribution in [0.2, 0.25) is 0 Å². The molecule has 10 nitrogen and oxygen atoms in total. The first-order valence-corrected chi connectivity index (χ1v) is 14.0. The van der Waals surface area contributed by atoms with E-state index in [2.05, 4.69) is 16.6 Å². The van der Waals surface area contributed by atoms with E-state index >= 15 is 0 Å². The van der Waals surface area contributed by atoms with Gasteiger partial charge in [0, 0.05) is 24.8 Å². The Morgan fingerprint density at radius 2 is 1.79 bits per heavy atom. The minimum Gasteiger partial charge on any atom is -0.462 e. The summed E-state index contributed by atoms with van der Waals surface area (Å²) in [6, 6.07) is 10.9. The largest absolute Gasteiger partial charge is 0.462 e. The predicted molar refractivity (Wildman–Crippen MR) is 143 cm³/mol. The van der Waals surface area contributed by atoms with Crippen LogP contribution in [-0.2, 0) is 11.2 Å². The lowest BCUT2D eigenvalue weighted by Gasteiger charge is -2.40. The van der Waals surface area contributed by atoms with Gasteiger partial charge in [0.05, 0.1) is 6.10 Å². The van der Waals surface area contributed by atoms with Gasteiger partial charge in [0.25, 0.3) is 0 Å². The van der Waals surface area contributed by atoms with E-state index in [4.69, 9.17) is 15.9 Å². The summed E-state index contributed by atoms with van der Waals surface area (Å²) in [5.74, 6) is 2.99. The van der Waals surface area contributed by atoms with Crippen molar-refractivity contribution in [3.8, 4) is 29.2 Å². The molecule has 38 heavy (non-hydrogen) atoms. The summed E-state index contributed by atoms with van der Waals surface area (Å²) in [6.07, 6.45) is 1.75. The summed E-state index contributed by atoms with van der Waals surface area (Å²) >= 11 is 0. The number of terminal acetylenes is 1. The number of amides is 2. The van der Waals surface area contributed by atoms with Crippen molar-refractivity contribution >= 4 is 20.1 Å². The third kappa shape index (κ3) is 6.82. The Labute approximate surface area is 222 Å². The van der Waals surface area contributed by atoms with Gasteiger partial charge in [0.1, 0.15) is 24.1 Å². The van der Waals surface area contributed by atoms with Crippen LogP contribution in [-0.4, -0.2) is 74.6 Å². The molecule has 1 heterocycles. The fourth-order valence-corrected chi connectivity index (χ4v) is 5.18. The highest BCUT2D eigenvalue weighted by atomic mass is 31.2. The molecule has 0 spiro atoms. The Morgan fingerprint density at radius 1 is 1.05 bits per heavy atom. The minimum atomic E-state index is -2.18. The van der Waals surface area contributed by atoms with Crippen LogP contribution in [0.5, 0.6) is 5.75 Å². The number of aliphatic hydroxyl groups excluding tert-OH is 3. The quantitative estimate of drug-likeness (QED) is 0.116. The molecular weight excluding hydrogens is 511 g/mol. The van der Waals surface area contributed by atoms with Crippen LogP contribution >= 0.6 is 8.38 Å². The van der Waals surface area contributed by atoms with Crippen molar-refractivity contribution in [2.45, 2.75) is 62.8 Å². The lowest BCUT2D eigenvalue weighted by Crippen LogP contribution is -2.59. The van der Waals surface area contributed by atoms with E-state index < -0.39 is 39.1 Å². The summed E-state index contributed by atoms with van der Waals surface area (Å²) in [7, 11) is -2.18. The molecule has 11 heteroatoms. The Balaban J connectivity index is 1.38. The van der Waals surface area contributed by atoms with E-state index in [-0.39, 0.29) is 18.6 Å². The topological polar surface area (TPSA) is 161 Å². The van der Waals surface area contributed by atoms with E-state index in [0.29, 0.717) is 30.8 Å². The number of hydrogen-bond acceptors (Lipinski definition) is 8. The van der Waals surface area contributed by atoms with Crippen molar-refractivity contribution in [1.29, 1.82) is 0 Å². The van der Waals surface area contributed by atoms with Gasteiger partial charge in [-0.3, -0.25) is 0 Å². The smallest absolute Gasteiger partial charge is 0.319 e. The fourth-order valence-electron chi connectivity index (χ4n) is 4.70. The predicted octanol–water partition coefficient (Wildman–Crippen LogP) is 2.06. The lowest BCUT2D eigenvalue weighted by atomic mass is 9.97. The first-order valence-electron chi connectivity index (χ1n) is 12.5. The van der Waals surface area contributed by atoms with E-state index in [1.54, 1.807) is 6.07 Å². The molecule has 2 aromatic rings. The zero-order valence-electron chi connectivity index (χ0n) is 20.8. The highest BCUT2D eigenvalue weighted by Gasteiger charge is 2.45. The molecule has 0 aromatic heterocycles. The number of unbranched alkanes of at least 4 members (excludes halogenated alkanes) is 2. The molecule has 1 aliphatic heterocycles. The zero-order chi connectivity index (χ0) is 27.2. The first-order chi connectivity index (χ1) is 18.3. The summed E-state index contributed by atoms with van der Waals surface area (Å²) in [4.78, 5) is 30.6. The SMILES string of the molecule is C#CCCCCNC(=O)Nc1ccc2c(c1)Cc1cc(O[C@H]3OC(CCP(O)O)[C@@H](O)C(O)C3O)ccc1-2. The average Bonchev–Trinajstić information content (AvgIpc) is 3.25. The number of hydrogen-bond donors (Lipinski definition) is 7. The van der Waals surface area contributed by atoms with Crippen molar-refractivity contribution in [2.24, 2.45) is 0 Å². The van der Waals surface area contributed by atoms with Crippen molar-refractivity contribution in [1.82, 2.24) is 5.32 Å². The van der Waals surface area contributed by atoms with E-state index in [9.17, 15) is 29.9 Å². The average molecular weight is 545 g/mol. The summed E-state index contributed by atoms with van der Waals surface area (Å²) < 4.78 is 11.5. The number of ether oxygens (including phenoxy) is 2. The molecule has 0 bridgehead atoms. The Bertz CT molecular complexity index is 1170. The van der Waals surface area contributed by atoms with Gasteiger partial charge in [-0.1, -0.05) is 12.1 Å². The van der Waals surface area contributed by atoms with Crippen molar-refractivity contribution in [3.63, 3.8) is 0 Å². The maximum absolute atomic E-state index is 12.2. The third-order valence-electron chi connectivity index (χ3n) is 6.68. The van der Waals surface area contributed by atoms with Crippen LogP contribution in [0.1, 0.15) is 36.8 Å². The van der Waals surface area contributed by atoms with Gasteiger partial charge in [-0.2, -0.15) is 0 Å². The normalized spacial score (nSPS) is 23.9. The minimum absolute atomic E-state index is 0.00525. The maximum Gasteiger partial charge on any atom is 0.319 e. The highest BCUT2D eigenvalue weighted by molar-refractivity contribution is 7.45. The molecule has 1 aliphatic carbocycles. The van der Waals surface area contributed by atoms with E-state index in [0.717, 1.165) is 35.1 Å². The number of fused-ring (bicyclic) bond motifs is 3. The molecule has 0 saturated carbocycles. The number of anilines is 1. The molecule has 3 unspecified atom stereocenters. The van der Waals surface area contributed by atoms with Gasteiger partial charge < -0.3 is 45.2 Å². The van der Waals surface area contributed by atoms with Gasteiger partial charge in [-0.15, -0.1) is 12.3 Å². The van der Waals surface area contributed by atoms with Crippen LogP contribution in [0.25, 0.3) is 11.1 Å². The lowest BCUT2D eigenvalue weighted by molar-refractivity contribution is -0.272. The number of aliphatic hydroxyl groups is 3. The summed E-state index contributed by atoms with van der Waals surface area (Å²) in [5, 5.41) is 36.5. The van der Waals surface area contributed by atoms with Crippen molar-refractivity contribution in [2.75, 3.05) is 18.0 Å². The summed E-state index contributed by atoms with van der Waals surface area (Å²) in [6.45, 7) is 0.549. The van der Waals surface area contributed by atoms with Gasteiger partial charge in [0.2, 0.25) is 6.29 Å². The Hall–Kier alpha value is -2.74. The molecule has 2 amide bonds. The van der Waals surface area contributed by atoms with Crippen LogP contribution in [0.4, 0.5) is 10.5 Å². The fraction of sp³-hybridized carbons (Fsp3) is 0.444. The van der Waals surface area contributed by atoms with Crippen LogP contribution < -0.4 is 15.4 Å². The summed E-state index contributed by atoms with van der Waals surface area (Å²) in [5.41, 5.74) is 4.78. The molecule has 204 valence electrons. The van der Waals surface area contributed by atoms with Crippen LogP contribution in [0.15, 0.2) is 36.4 Å². The molecule has 7 N–H and O–H groups in total. The Kier molecular flexibility index (Phi) is 9.58. The molecular formula is C27H33N2O8P. The molecule has 4 rings (SSSR count). The van der Waals surface area contributed by atoms with Gasteiger partial charge in [-0.05, 0) is 72.2 Å². The number of carbonyl (C=O) groups excluding carboxylic acids is 1. The van der Waals surface area contributed by atoms with Crippen molar-refractivity contribution < 1.29 is 39.4 Å². The highest BCUT2D eigenvalue weighted by Crippen LogP contribution is 2.40. The van der Waals surface area contributed by atoms with Crippen molar-refractivity contribution in [3.05, 3.63) is 47.5 Å². The Morgan fingerprint density at radius 3 is 2.53 bits per heavy atom. The molecule has 5 atom stereocenters. The maximum atomic E-state index is 12.2.